The van der Waals surface area contributed by atoms with E-state index >= 15 is 0 Å². The van der Waals surface area contributed by atoms with Crippen LogP contribution in [0.2, 0.25) is 0 Å². The third-order valence-electron chi connectivity index (χ3n) is 3.67. The Bertz CT molecular complexity index is 363. The molecule has 82 valence electrons. The zero-order chi connectivity index (χ0) is 11.3. The Morgan fingerprint density at radius 1 is 1.60 bits per heavy atom. The monoisotopic (exact) mass is 206 g/mol. The van der Waals surface area contributed by atoms with Crippen LogP contribution in [-0.4, -0.2) is 11.4 Å². The third-order valence-corrected chi connectivity index (χ3v) is 3.67. The normalized spacial score (nSPS) is 36.8. The van der Waals surface area contributed by atoms with E-state index in [9.17, 15) is 4.79 Å². The van der Waals surface area contributed by atoms with Gasteiger partial charge in [-0.25, -0.2) is 0 Å². The van der Waals surface area contributed by atoms with Crippen molar-refractivity contribution >= 4 is 5.78 Å². The number of ether oxygens (including phenoxy) is 1. The zero-order valence-corrected chi connectivity index (χ0v) is 9.83. The fraction of sp³-hybridized carbons (Fsp3) is 0.615. The first-order valence-electron chi connectivity index (χ1n) is 5.45. The Hall–Kier alpha value is -1.05. The summed E-state index contributed by atoms with van der Waals surface area (Å²) in [5, 5.41) is 0. The Labute approximate surface area is 91.0 Å². The standard InChI is InChI=1S/C13H18O2/c1-9(14)5-6-13-11(7-10(2)15-13)8-12(13,3)4/h5-7,11H,8H2,1-4H3/b6-5-. The summed E-state index contributed by atoms with van der Waals surface area (Å²) in [7, 11) is 0. The van der Waals surface area contributed by atoms with Crippen LogP contribution in [-0.2, 0) is 9.53 Å². The molecule has 0 N–H and O–H groups in total. The molecule has 2 rings (SSSR count). The van der Waals surface area contributed by atoms with Gasteiger partial charge in [0.25, 0.3) is 0 Å². The highest BCUT2D eigenvalue weighted by Gasteiger charge is 2.62. The van der Waals surface area contributed by atoms with Crippen molar-refractivity contribution in [3.8, 4) is 0 Å². The molecule has 0 aromatic carbocycles. The maximum Gasteiger partial charge on any atom is 0.152 e. The molecule has 0 amide bonds. The van der Waals surface area contributed by atoms with Gasteiger partial charge < -0.3 is 4.74 Å². The summed E-state index contributed by atoms with van der Waals surface area (Å²) in [6.45, 7) is 7.95. The number of allylic oxidation sites excluding steroid dienone is 2. The van der Waals surface area contributed by atoms with Gasteiger partial charge in [0.1, 0.15) is 5.60 Å². The molecule has 2 unspecified atom stereocenters. The molecule has 2 aliphatic rings. The van der Waals surface area contributed by atoms with Crippen LogP contribution in [0.15, 0.2) is 24.0 Å². The molecule has 0 saturated heterocycles. The van der Waals surface area contributed by atoms with Crippen molar-refractivity contribution in [2.75, 3.05) is 0 Å². The lowest BCUT2D eigenvalue weighted by atomic mass is 9.52. The molecule has 1 aliphatic heterocycles. The SMILES string of the molecule is CC(=O)/C=C\C12OC(C)=CC1CC2(C)C. The van der Waals surface area contributed by atoms with Crippen LogP contribution in [0.1, 0.15) is 34.1 Å². The molecule has 0 bridgehead atoms. The smallest absolute Gasteiger partial charge is 0.152 e. The fourth-order valence-corrected chi connectivity index (χ4v) is 2.84. The van der Waals surface area contributed by atoms with Crippen molar-refractivity contribution in [3.05, 3.63) is 24.0 Å². The van der Waals surface area contributed by atoms with Crippen molar-refractivity contribution in [1.29, 1.82) is 0 Å². The van der Waals surface area contributed by atoms with E-state index in [0.29, 0.717) is 5.92 Å². The average molecular weight is 206 g/mol. The molecular weight excluding hydrogens is 188 g/mol. The van der Waals surface area contributed by atoms with Gasteiger partial charge in [0.2, 0.25) is 0 Å². The predicted molar refractivity (Wildman–Crippen MR) is 59.3 cm³/mol. The summed E-state index contributed by atoms with van der Waals surface area (Å²) < 4.78 is 5.94. The summed E-state index contributed by atoms with van der Waals surface area (Å²) in [6, 6.07) is 0. The number of hydrogen-bond acceptors (Lipinski definition) is 2. The van der Waals surface area contributed by atoms with Gasteiger partial charge in [-0.05, 0) is 38.5 Å². The van der Waals surface area contributed by atoms with Gasteiger partial charge in [-0.2, -0.15) is 0 Å². The van der Waals surface area contributed by atoms with Crippen LogP contribution >= 0.6 is 0 Å². The molecule has 0 radical (unpaired) electrons. The number of carbonyl (C=O) groups excluding carboxylic acids is 1. The summed E-state index contributed by atoms with van der Waals surface area (Å²) in [6.07, 6.45) is 6.90. The van der Waals surface area contributed by atoms with E-state index in [-0.39, 0.29) is 16.8 Å². The van der Waals surface area contributed by atoms with E-state index in [0.717, 1.165) is 12.2 Å². The zero-order valence-electron chi connectivity index (χ0n) is 9.83. The molecule has 2 atom stereocenters. The minimum Gasteiger partial charge on any atom is -0.487 e. The molecule has 0 aromatic heterocycles. The van der Waals surface area contributed by atoms with Gasteiger partial charge in [0, 0.05) is 11.3 Å². The lowest BCUT2D eigenvalue weighted by Gasteiger charge is -2.55. The Kier molecular flexibility index (Phi) is 2.07. The van der Waals surface area contributed by atoms with Crippen LogP contribution in [0.5, 0.6) is 0 Å². The molecule has 15 heavy (non-hydrogen) atoms. The summed E-state index contributed by atoms with van der Waals surface area (Å²) in [5.74, 6) is 1.51. The quantitative estimate of drug-likeness (QED) is 0.649. The summed E-state index contributed by atoms with van der Waals surface area (Å²) in [4.78, 5) is 11.0. The van der Waals surface area contributed by atoms with Gasteiger partial charge in [0.15, 0.2) is 5.78 Å². The van der Waals surface area contributed by atoms with Gasteiger partial charge >= 0.3 is 0 Å². The number of fused-ring (bicyclic) bond motifs is 1. The van der Waals surface area contributed by atoms with Crippen molar-refractivity contribution < 1.29 is 9.53 Å². The average Bonchev–Trinajstić information content (AvgIpc) is 2.36. The molecular formula is C13H18O2. The number of ketones is 1. The number of hydrogen-bond donors (Lipinski definition) is 0. The van der Waals surface area contributed by atoms with Crippen LogP contribution < -0.4 is 0 Å². The lowest BCUT2D eigenvalue weighted by Crippen LogP contribution is -2.58. The van der Waals surface area contributed by atoms with E-state index < -0.39 is 0 Å². The second kappa shape index (κ2) is 2.97. The van der Waals surface area contributed by atoms with Crippen LogP contribution in [0, 0.1) is 11.3 Å². The molecule has 1 saturated carbocycles. The van der Waals surface area contributed by atoms with E-state index in [1.54, 1.807) is 13.0 Å². The van der Waals surface area contributed by atoms with Crippen molar-refractivity contribution in [2.24, 2.45) is 11.3 Å². The largest absolute Gasteiger partial charge is 0.487 e. The van der Waals surface area contributed by atoms with Crippen molar-refractivity contribution in [1.82, 2.24) is 0 Å². The Morgan fingerprint density at radius 2 is 2.27 bits per heavy atom. The van der Waals surface area contributed by atoms with Gasteiger partial charge in [-0.3, -0.25) is 4.79 Å². The lowest BCUT2D eigenvalue weighted by molar-refractivity contribution is -0.140. The molecule has 1 aliphatic carbocycles. The van der Waals surface area contributed by atoms with Crippen LogP contribution in [0.25, 0.3) is 0 Å². The predicted octanol–water partition coefficient (Wildman–Crippen LogP) is 2.85. The first-order chi connectivity index (χ1) is 6.87. The number of rotatable bonds is 2. The van der Waals surface area contributed by atoms with E-state index in [4.69, 9.17) is 4.74 Å². The topological polar surface area (TPSA) is 26.3 Å². The van der Waals surface area contributed by atoms with Gasteiger partial charge in [-0.1, -0.05) is 13.8 Å². The van der Waals surface area contributed by atoms with E-state index in [1.165, 1.54) is 0 Å². The van der Waals surface area contributed by atoms with Crippen LogP contribution in [0.3, 0.4) is 0 Å². The minimum absolute atomic E-state index is 0.0824. The maximum absolute atomic E-state index is 11.0. The van der Waals surface area contributed by atoms with Crippen molar-refractivity contribution in [2.45, 2.75) is 39.7 Å². The summed E-state index contributed by atoms with van der Waals surface area (Å²) >= 11 is 0. The maximum atomic E-state index is 11.0. The second-order valence-electron chi connectivity index (χ2n) is 5.31. The highest BCUT2D eigenvalue weighted by Crippen LogP contribution is 2.61. The Morgan fingerprint density at radius 3 is 2.73 bits per heavy atom. The van der Waals surface area contributed by atoms with Crippen molar-refractivity contribution in [3.63, 3.8) is 0 Å². The molecule has 2 nitrogen and oxygen atoms in total. The first kappa shape index (κ1) is 10.5. The molecule has 2 heteroatoms. The van der Waals surface area contributed by atoms with E-state index in [2.05, 4.69) is 19.9 Å². The molecule has 0 aromatic rings. The summed E-state index contributed by atoms with van der Waals surface area (Å²) in [5.41, 5.74) is -0.138. The third kappa shape index (κ3) is 1.35. The van der Waals surface area contributed by atoms with Crippen LogP contribution in [0.4, 0.5) is 0 Å². The van der Waals surface area contributed by atoms with E-state index in [1.807, 2.05) is 13.0 Å². The highest BCUT2D eigenvalue weighted by molar-refractivity contribution is 5.87. The second-order valence-corrected chi connectivity index (χ2v) is 5.31. The van der Waals surface area contributed by atoms with Gasteiger partial charge in [0.05, 0.1) is 5.76 Å². The molecule has 1 fully saturated rings. The highest BCUT2D eigenvalue weighted by atomic mass is 16.5. The Balaban J connectivity index is 2.28. The fourth-order valence-electron chi connectivity index (χ4n) is 2.84. The molecule has 0 spiro atoms. The van der Waals surface area contributed by atoms with Gasteiger partial charge in [-0.15, -0.1) is 0 Å². The number of carbonyl (C=O) groups is 1. The minimum atomic E-state index is -0.261. The molecule has 1 heterocycles. The first-order valence-corrected chi connectivity index (χ1v) is 5.45.